The maximum Gasteiger partial charge on any atom is 0.416 e. The lowest BCUT2D eigenvalue weighted by Crippen LogP contribution is -2.18. The Labute approximate surface area is 115 Å². The molecular weight excluding hydrogens is 295 g/mol. The summed E-state index contributed by atoms with van der Waals surface area (Å²) < 4.78 is 41.6. The van der Waals surface area contributed by atoms with Gasteiger partial charge in [-0.3, -0.25) is 4.79 Å². The topological polar surface area (TPSA) is 93.0 Å². The number of ether oxygens (including phenoxy) is 1. The largest absolute Gasteiger partial charge is 0.505 e. The smallest absolute Gasteiger partial charge is 0.416 e. The van der Waals surface area contributed by atoms with E-state index >= 15 is 0 Å². The SMILES string of the molecule is COC(=O)C(=O)/C(N=O)=C(\O)c1cccc(C(F)(F)F)c1. The maximum atomic E-state index is 12.5. The van der Waals surface area contributed by atoms with Crippen molar-refractivity contribution in [1.82, 2.24) is 0 Å². The van der Waals surface area contributed by atoms with E-state index in [1.165, 1.54) is 0 Å². The average Bonchev–Trinajstić information content (AvgIpc) is 2.46. The number of esters is 1. The van der Waals surface area contributed by atoms with Gasteiger partial charge in [0.15, 0.2) is 5.76 Å². The van der Waals surface area contributed by atoms with E-state index in [4.69, 9.17) is 0 Å². The number of nitrogens with zero attached hydrogens (tertiary/aromatic N) is 1. The van der Waals surface area contributed by atoms with Crippen LogP contribution in [0.5, 0.6) is 0 Å². The Morgan fingerprint density at radius 2 is 1.90 bits per heavy atom. The van der Waals surface area contributed by atoms with Crippen molar-refractivity contribution in [3.05, 3.63) is 46.0 Å². The second kappa shape index (κ2) is 6.16. The van der Waals surface area contributed by atoms with E-state index in [9.17, 15) is 32.8 Å². The highest BCUT2D eigenvalue weighted by atomic mass is 19.4. The lowest BCUT2D eigenvalue weighted by atomic mass is 10.1. The quantitative estimate of drug-likeness (QED) is 0.303. The summed E-state index contributed by atoms with van der Waals surface area (Å²) in [6.07, 6.45) is -4.68. The number of hydrogen-bond acceptors (Lipinski definition) is 6. The number of ketones is 1. The number of nitroso groups, excluding NO2 is 1. The molecule has 1 aromatic carbocycles. The summed E-state index contributed by atoms with van der Waals surface area (Å²) in [5.41, 5.74) is -2.83. The van der Waals surface area contributed by atoms with Crippen LogP contribution in [0.4, 0.5) is 13.2 Å². The summed E-state index contributed by atoms with van der Waals surface area (Å²) in [5.74, 6) is -4.20. The van der Waals surface area contributed by atoms with Crippen LogP contribution in [0.3, 0.4) is 0 Å². The highest BCUT2D eigenvalue weighted by molar-refractivity contribution is 6.41. The molecule has 0 fully saturated rings. The molecule has 0 bridgehead atoms. The molecule has 0 amide bonds. The number of carbonyl (C=O) groups excluding carboxylic acids is 2. The van der Waals surface area contributed by atoms with Crippen LogP contribution in [0.15, 0.2) is 35.1 Å². The van der Waals surface area contributed by atoms with Crippen molar-refractivity contribution in [3.63, 3.8) is 0 Å². The minimum absolute atomic E-state index is 0.489. The molecule has 1 N–H and O–H groups in total. The minimum atomic E-state index is -4.68. The molecule has 0 heterocycles. The Hall–Kier alpha value is -2.71. The molecule has 6 nitrogen and oxygen atoms in total. The van der Waals surface area contributed by atoms with Gasteiger partial charge in [0.2, 0.25) is 5.70 Å². The second-order valence-corrected chi connectivity index (χ2v) is 3.69. The molecule has 0 atom stereocenters. The summed E-state index contributed by atoms with van der Waals surface area (Å²) >= 11 is 0. The highest BCUT2D eigenvalue weighted by Crippen LogP contribution is 2.31. The van der Waals surface area contributed by atoms with Crippen molar-refractivity contribution in [2.75, 3.05) is 7.11 Å². The van der Waals surface area contributed by atoms with Gasteiger partial charge in [-0.15, -0.1) is 4.91 Å². The van der Waals surface area contributed by atoms with Gasteiger partial charge in [-0.1, -0.05) is 12.1 Å². The van der Waals surface area contributed by atoms with Crippen molar-refractivity contribution in [3.8, 4) is 0 Å². The Balaban J connectivity index is 3.36. The Morgan fingerprint density at radius 1 is 1.29 bits per heavy atom. The Kier molecular flexibility index (Phi) is 4.79. The second-order valence-electron chi connectivity index (χ2n) is 3.69. The van der Waals surface area contributed by atoms with E-state index < -0.39 is 40.5 Å². The molecule has 112 valence electrons. The fourth-order valence-electron chi connectivity index (χ4n) is 1.36. The van der Waals surface area contributed by atoms with E-state index in [-0.39, 0.29) is 0 Å². The fourth-order valence-corrected chi connectivity index (χ4v) is 1.36. The molecule has 0 saturated carbocycles. The summed E-state index contributed by atoms with van der Waals surface area (Å²) in [5, 5.41) is 11.8. The van der Waals surface area contributed by atoms with Crippen LogP contribution in [0.1, 0.15) is 11.1 Å². The lowest BCUT2D eigenvalue weighted by molar-refractivity contribution is -0.149. The van der Waals surface area contributed by atoms with Crippen LogP contribution < -0.4 is 0 Å². The van der Waals surface area contributed by atoms with Crippen LogP contribution in [-0.4, -0.2) is 24.0 Å². The minimum Gasteiger partial charge on any atom is -0.505 e. The molecule has 1 aromatic rings. The number of carbonyl (C=O) groups is 2. The number of aliphatic hydroxyl groups excluding tert-OH is 1. The molecule has 0 unspecified atom stereocenters. The molecular formula is C12H8F3NO5. The van der Waals surface area contributed by atoms with Gasteiger partial charge in [0, 0.05) is 5.56 Å². The Morgan fingerprint density at radius 3 is 2.38 bits per heavy atom. The van der Waals surface area contributed by atoms with Crippen molar-refractivity contribution < 1.29 is 32.6 Å². The maximum absolute atomic E-state index is 12.5. The zero-order valence-electron chi connectivity index (χ0n) is 10.5. The summed E-state index contributed by atoms with van der Waals surface area (Å²) in [7, 11) is 0.851. The molecule has 0 aliphatic carbocycles. The van der Waals surface area contributed by atoms with Gasteiger partial charge >= 0.3 is 12.1 Å². The normalized spacial score (nSPS) is 12.4. The number of Topliss-reactive ketones (excluding diaryl/α,β-unsaturated/α-hetero) is 1. The van der Waals surface area contributed by atoms with Crippen LogP contribution in [0.25, 0.3) is 5.76 Å². The van der Waals surface area contributed by atoms with E-state index in [1.807, 2.05) is 0 Å². The molecule has 0 spiro atoms. The molecule has 0 radical (unpaired) electrons. The Bertz CT molecular complexity index is 622. The number of halogens is 3. The first-order chi connectivity index (χ1) is 9.72. The summed E-state index contributed by atoms with van der Waals surface area (Å²) in [6.45, 7) is 0. The monoisotopic (exact) mass is 303 g/mol. The average molecular weight is 303 g/mol. The van der Waals surface area contributed by atoms with Crippen molar-refractivity contribution >= 4 is 17.5 Å². The van der Waals surface area contributed by atoms with Gasteiger partial charge in [0.05, 0.1) is 12.7 Å². The van der Waals surface area contributed by atoms with Crippen molar-refractivity contribution in [2.24, 2.45) is 5.18 Å². The third-order valence-electron chi connectivity index (χ3n) is 2.36. The summed E-state index contributed by atoms with van der Waals surface area (Å²) in [6, 6.07) is 3.21. The van der Waals surface area contributed by atoms with E-state index in [0.717, 1.165) is 25.3 Å². The predicted molar refractivity (Wildman–Crippen MR) is 63.8 cm³/mol. The zero-order valence-corrected chi connectivity index (χ0v) is 10.5. The predicted octanol–water partition coefficient (Wildman–Crippen LogP) is 2.44. The van der Waals surface area contributed by atoms with Gasteiger partial charge < -0.3 is 9.84 Å². The molecule has 0 aromatic heterocycles. The van der Waals surface area contributed by atoms with Gasteiger partial charge in [-0.05, 0) is 17.3 Å². The standard InChI is InChI=1S/C12H8F3NO5/c1-21-11(19)10(18)8(16-20)9(17)6-3-2-4-7(5-6)12(13,14)15/h2-5,17H,1H3/b9-8+. The van der Waals surface area contributed by atoms with Gasteiger partial charge in [-0.2, -0.15) is 13.2 Å². The number of alkyl halides is 3. The van der Waals surface area contributed by atoms with E-state index in [0.29, 0.717) is 6.07 Å². The van der Waals surface area contributed by atoms with E-state index in [1.54, 1.807) is 0 Å². The molecule has 0 saturated heterocycles. The van der Waals surface area contributed by atoms with Crippen LogP contribution in [0, 0.1) is 4.91 Å². The van der Waals surface area contributed by atoms with E-state index in [2.05, 4.69) is 9.91 Å². The first kappa shape index (κ1) is 16.3. The van der Waals surface area contributed by atoms with Crippen LogP contribution in [0.2, 0.25) is 0 Å². The number of methoxy groups -OCH3 is 1. The number of hydrogen-bond donors (Lipinski definition) is 1. The third-order valence-corrected chi connectivity index (χ3v) is 2.36. The lowest BCUT2D eigenvalue weighted by Gasteiger charge is -2.08. The van der Waals surface area contributed by atoms with Crippen LogP contribution in [-0.2, 0) is 20.5 Å². The first-order valence-corrected chi connectivity index (χ1v) is 5.29. The first-order valence-electron chi connectivity index (χ1n) is 5.29. The third kappa shape index (κ3) is 3.65. The summed E-state index contributed by atoms with van der Waals surface area (Å²) in [4.78, 5) is 32.9. The fraction of sp³-hybridized carbons (Fsp3) is 0.167. The molecule has 1 rings (SSSR count). The van der Waals surface area contributed by atoms with Crippen molar-refractivity contribution in [2.45, 2.75) is 6.18 Å². The molecule has 0 aliphatic rings. The van der Waals surface area contributed by atoms with Crippen molar-refractivity contribution in [1.29, 1.82) is 0 Å². The number of aliphatic hydroxyl groups is 1. The molecule has 0 aliphatic heterocycles. The van der Waals surface area contributed by atoms with Crippen LogP contribution >= 0.6 is 0 Å². The molecule has 9 heteroatoms. The molecule has 21 heavy (non-hydrogen) atoms. The van der Waals surface area contributed by atoms with Gasteiger partial charge in [0.1, 0.15) is 0 Å². The number of rotatable bonds is 4. The van der Waals surface area contributed by atoms with Gasteiger partial charge in [0.25, 0.3) is 5.78 Å². The zero-order chi connectivity index (χ0) is 16.2. The van der Waals surface area contributed by atoms with Gasteiger partial charge in [-0.25, -0.2) is 4.79 Å². The highest BCUT2D eigenvalue weighted by Gasteiger charge is 2.31. The number of benzene rings is 1.